The van der Waals surface area contributed by atoms with Crippen LogP contribution in [0.25, 0.3) is 0 Å². The Kier molecular flexibility index (Phi) is 7.30. The molecule has 1 aliphatic rings. The number of nitriles is 1. The van der Waals surface area contributed by atoms with E-state index in [1.54, 1.807) is 12.1 Å². The Bertz CT molecular complexity index is 1180. The zero-order chi connectivity index (χ0) is 23.4. The second-order valence-electron chi connectivity index (χ2n) is 7.66. The summed E-state index contributed by atoms with van der Waals surface area (Å²) < 4.78 is 20.9. The Balaban J connectivity index is 1.40. The number of aromatic nitrogens is 3. The Hall–Kier alpha value is -2.90. The maximum absolute atomic E-state index is 13.1. The minimum Gasteiger partial charge on any atom is -0.483 e. The first-order valence-electron chi connectivity index (χ1n) is 10.8. The summed E-state index contributed by atoms with van der Waals surface area (Å²) >= 11 is 2.80. The molecular formula is C23H24FN5O2S2. The topological polar surface area (TPSA) is 92.8 Å². The zero-order valence-corrected chi connectivity index (χ0v) is 20.1. The van der Waals surface area contributed by atoms with Gasteiger partial charge in [0.25, 0.3) is 0 Å². The van der Waals surface area contributed by atoms with Crippen LogP contribution in [0.3, 0.4) is 0 Å². The minimum atomic E-state index is -0.401. The molecule has 4 rings (SSSR count). The molecule has 2 aromatic heterocycles. The fourth-order valence-corrected chi connectivity index (χ4v) is 5.91. The van der Waals surface area contributed by atoms with Gasteiger partial charge in [0.15, 0.2) is 17.1 Å². The van der Waals surface area contributed by atoms with E-state index in [1.807, 2.05) is 18.4 Å². The highest BCUT2D eigenvalue weighted by Crippen LogP contribution is 2.37. The van der Waals surface area contributed by atoms with Gasteiger partial charge in [0.1, 0.15) is 22.6 Å². The third-order valence-electron chi connectivity index (χ3n) is 5.42. The molecular weight excluding hydrogens is 461 g/mol. The quantitative estimate of drug-likeness (QED) is 0.445. The number of thiophene rings is 1. The van der Waals surface area contributed by atoms with E-state index < -0.39 is 6.10 Å². The molecule has 1 atom stereocenters. The van der Waals surface area contributed by atoms with Gasteiger partial charge in [0.2, 0.25) is 5.91 Å². The van der Waals surface area contributed by atoms with Crippen LogP contribution in [0.15, 0.2) is 29.4 Å². The predicted octanol–water partition coefficient (Wildman–Crippen LogP) is 5.12. The highest BCUT2D eigenvalue weighted by molar-refractivity contribution is 7.99. The van der Waals surface area contributed by atoms with E-state index in [0.717, 1.165) is 31.2 Å². The third-order valence-corrected chi connectivity index (χ3v) is 7.59. The first-order chi connectivity index (χ1) is 16.0. The molecule has 0 fully saturated rings. The molecule has 0 aliphatic heterocycles. The lowest BCUT2D eigenvalue weighted by atomic mass is 9.96. The van der Waals surface area contributed by atoms with Crippen molar-refractivity contribution >= 4 is 34.0 Å². The number of benzene rings is 1. The fraction of sp³-hybridized carbons (Fsp3) is 0.391. The summed E-state index contributed by atoms with van der Waals surface area (Å²) in [5.74, 6) is 0.808. The standard InChI is InChI=1S/C23H24FN5O2S2/c1-3-29-21(14(2)31-16-10-8-15(24)9-11-16)27-28-23(29)32-13-20(30)26-22-18(12-25)17-6-4-5-7-19(17)33-22/h8-11,14H,3-7,13H2,1-2H3,(H,26,30). The number of rotatable bonds is 8. The minimum absolute atomic E-state index is 0.152. The Morgan fingerprint density at radius 1 is 1.33 bits per heavy atom. The summed E-state index contributed by atoms with van der Waals surface area (Å²) in [7, 11) is 0. The Labute approximate surface area is 200 Å². The normalized spacial score (nSPS) is 13.8. The zero-order valence-electron chi connectivity index (χ0n) is 18.4. The summed E-state index contributed by atoms with van der Waals surface area (Å²) in [4.78, 5) is 13.8. The van der Waals surface area contributed by atoms with Gasteiger partial charge >= 0.3 is 0 Å². The first-order valence-corrected chi connectivity index (χ1v) is 12.6. The molecule has 0 spiro atoms. The Morgan fingerprint density at radius 3 is 2.82 bits per heavy atom. The molecule has 1 unspecified atom stereocenters. The van der Waals surface area contributed by atoms with Crippen LogP contribution in [0.4, 0.5) is 9.39 Å². The molecule has 0 saturated heterocycles. The van der Waals surface area contributed by atoms with Crippen LogP contribution in [0.5, 0.6) is 5.75 Å². The lowest BCUT2D eigenvalue weighted by Crippen LogP contribution is -2.15. The van der Waals surface area contributed by atoms with E-state index in [9.17, 15) is 14.4 Å². The van der Waals surface area contributed by atoms with Gasteiger partial charge in [-0.05, 0) is 69.4 Å². The number of fused-ring (bicyclic) bond motifs is 1. The highest BCUT2D eigenvalue weighted by atomic mass is 32.2. The van der Waals surface area contributed by atoms with Crippen molar-refractivity contribution in [3.8, 4) is 11.8 Å². The second-order valence-corrected chi connectivity index (χ2v) is 9.71. The van der Waals surface area contributed by atoms with E-state index in [-0.39, 0.29) is 17.5 Å². The van der Waals surface area contributed by atoms with Crippen molar-refractivity contribution in [2.75, 3.05) is 11.1 Å². The van der Waals surface area contributed by atoms with Crippen molar-refractivity contribution in [2.24, 2.45) is 0 Å². The van der Waals surface area contributed by atoms with Gasteiger partial charge in [-0.1, -0.05) is 11.8 Å². The lowest BCUT2D eigenvalue weighted by molar-refractivity contribution is -0.113. The number of ether oxygens (including phenoxy) is 1. The van der Waals surface area contributed by atoms with E-state index in [2.05, 4.69) is 21.6 Å². The largest absolute Gasteiger partial charge is 0.483 e. The van der Waals surface area contributed by atoms with E-state index in [4.69, 9.17) is 4.74 Å². The Morgan fingerprint density at radius 2 is 2.09 bits per heavy atom. The number of carbonyl (C=O) groups is 1. The molecule has 1 amide bonds. The molecule has 0 saturated carbocycles. The van der Waals surface area contributed by atoms with Gasteiger partial charge in [-0.25, -0.2) is 4.39 Å². The van der Waals surface area contributed by atoms with Crippen molar-refractivity contribution in [3.05, 3.63) is 51.9 Å². The molecule has 1 aromatic carbocycles. The van der Waals surface area contributed by atoms with E-state index >= 15 is 0 Å². The van der Waals surface area contributed by atoms with Crippen molar-refractivity contribution in [1.29, 1.82) is 5.26 Å². The number of nitrogens with one attached hydrogen (secondary N) is 1. The van der Waals surface area contributed by atoms with Crippen LogP contribution >= 0.6 is 23.1 Å². The summed E-state index contributed by atoms with van der Waals surface area (Å²) in [6, 6.07) is 8.08. The van der Waals surface area contributed by atoms with Gasteiger partial charge in [-0.3, -0.25) is 4.79 Å². The maximum atomic E-state index is 13.1. The van der Waals surface area contributed by atoms with E-state index in [0.29, 0.717) is 33.8 Å². The van der Waals surface area contributed by atoms with Crippen molar-refractivity contribution in [2.45, 2.75) is 57.3 Å². The molecule has 3 aromatic rings. The number of hydrogen-bond acceptors (Lipinski definition) is 7. The summed E-state index contributed by atoms with van der Waals surface area (Å²) in [5.41, 5.74) is 1.71. The van der Waals surface area contributed by atoms with Gasteiger partial charge in [-0.2, -0.15) is 5.26 Å². The summed E-state index contributed by atoms with van der Waals surface area (Å²) in [6.07, 6.45) is 3.68. The second kappa shape index (κ2) is 10.4. The van der Waals surface area contributed by atoms with Crippen molar-refractivity contribution in [1.82, 2.24) is 14.8 Å². The fourth-order valence-electron chi connectivity index (χ4n) is 3.84. The first kappa shape index (κ1) is 23.3. The number of nitrogens with zero attached hydrogens (tertiary/aromatic N) is 4. The molecule has 1 N–H and O–H groups in total. The maximum Gasteiger partial charge on any atom is 0.235 e. The average molecular weight is 486 g/mol. The molecule has 172 valence electrons. The van der Waals surface area contributed by atoms with Gasteiger partial charge in [0, 0.05) is 11.4 Å². The number of aryl methyl sites for hydroxylation is 1. The summed E-state index contributed by atoms with van der Waals surface area (Å²) in [5, 5.41) is 22.2. The number of amides is 1. The predicted molar refractivity (Wildman–Crippen MR) is 126 cm³/mol. The molecule has 7 nitrogen and oxygen atoms in total. The molecule has 10 heteroatoms. The molecule has 2 heterocycles. The number of carbonyl (C=O) groups excluding carboxylic acids is 1. The molecule has 1 aliphatic carbocycles. The monoisotopic (exact) mass is 485 g/mol. The van der Waals surface area contributed by atoms with Crippen LogP contribution in [0, 0.1) is 17.1 Å². The SMILES string of the molecule is CCn1c(SCC(=O)Nc2sc3c(c2C#N)CCCC3)nnc1C(C)Oc1ccc(F)cc1. The van der Waals surface area contributed by atoms with Gasteiger partial charge in [-0.15, -0.1) is 21.5 Å². The third kappa shape index (κ3) is 5.20. The number of halogens is 1. The van der Waals surface area contributed by atoms with Crippen LogP contribution in [-0.2, 0) is 24.2 Å². The van der Waals surface area contributed by atoms with Gasteiger partial charge in [0.05, 0.1) is 11.3 Å². The number of anilines is 1. The van der Waals surface area contributed by atoms with Crippen LogP contribution < -0.4 is 10.1 Å². The van der Waals surface area contributed by atoms with Crippen molar-refractivity contribution in [3.63, 3.8) is 0 Å². The number of hydrogen-bond donors (Lipinski definition) is 1. The molecule has 33 heavy (non-hydrogen) atoms. The average Bonchev–Trinajstić information content (AvgIpc) is 3.39. The van der Waals surface area contributed by atoms with Crippen LogP contribution in [0.1, 0.15) is 54.6 Å². The summed E-state index contributed by atoms with van der Waals surface area (Å²) in [6.45, 7) is 4.43. The highest BCUT2D eigenvalue weighted by Gasteiger charge is 2.23. The molecule has 0 radical (unpaired) electrons. The smallest absolute Gasteiger partial charge is 0.235 e. The lowest BCUT2D eigenvalue weighted by Gasteiger charge is -2.15. The van der Waals surface area contributed by atoms with Crippen molar-refractivity contribution < 1.29 is 13.9 Å². The van der Waals surface area contributed by atoms with E-state index in [1.165, 1.54) is 40.1 Å². The van der Waals surface area contributed by atoms with Crippen LogP contribution in [-0.4, -0.2) is 26.4 Å². The molecule has 0 bridgehead atoms. The van der Waals surface area contributed by atoms with Gasteiger partial charge < -0.3 is 14.6 Å². The number of thioether (sulfide) groups is 1. The van der Waals surface area contributed by atoms with Crippen LogP contribution in [0.2, 0.25) is 0 Å².